The van der Waals surface area contributed by atoms with Crippen LogP contribution in [0.1, 0.15) is 71.6 Å². The third kappa shape index (κ3) is 3.40. The summed E-state index contributed by atoms with van der Waals surface area (Å²) in [6.45, 7) is 5.23. The first kappa shape index (κ1) is 13.7. The summed E-state index contributed by atoms with van der Waals surface area (Å²) in [5, 5.41) is 0. The summed E-state index contributed by atoms with van der Waals surface area (Å²) in [6.07, 6.45) is 14.3. The Morgan fingerprint density at radius 2 is 2.11 bits per heavy atom. The van der Waals surface area contributed by atoms with Crippen LogP contribution in [0.15, 0.2) is 23.0 Å². The molecule has 2 rings (SSSR count). The second-order valence-electron chi connectivity index (χ2n) is 5.69. The Balaban J connectivity index is 1.92. The maximum atomic E-state index is 5.95. The molecule has 0 amide bonds. The van der Waals surface area contributed by atoms with Gasteiger partial charge in [-0.25, -0.2) is 0 Å². The molecular formula is C17H28O. The van der Waals surface area contributed by atoms with E-state index in [1.165, 1.54) is 63.5 Å². The molecule has 2 aliphatic rings. The van der Waals surface area contributed by atoms with Gasteiger partial charge in [-0.05, 0) is 63.9 Å². The monoisotopic (exact) mass is 248 g/mol. The first-order valence-corrected chi connectivity index (χ1v) is 7.87. The molecule has 0 radical (unpaired) electrons. The fraction of sp³-hybridized carbons (Fsp3) is 0.765. The highest BCUT2D eigenvalue weighted by Crippen LogP contribution is 2.38. The van der Waals surface area contributed by atoms with Crippen molar-refractivity contribution >= 4 is 0 Å². The molecule has 0 aromatic heterocycles. The minimum absolute atomic E-state index is 0.686. The lowest BCUT2D eigenvalue weighted by Crippen LogP contribution is -2.16. The van der Waals surface area contributed by atoms with E-state index in [1.54, 1.807) is 11.1 Å². The Labute approximate surface area is 112 Å². The predicted molar refractivity (Wildman–Crippen MR) is 77.5 cm³/mol. The first-order chi connectivity index (χ1) is 8.85. The fourth-order valence-electron chi connectivity index (χ4n) is 3.02. The SMILES string of the molecule is CCCCC1=CCC(C(OCC)=C2CCC2)CC1. The van der Waals surface area contributed by atoms with Crippen molar-refractivity contribution in [3.8, 4) is 0 Å². The van der Waals surface area contributed by atoms with Crippen molar-refractivity contribution in [1.29, 1.82) is 0 Å². The van der Waals surface area contributed by atoms with Gasteiger partial charge in [0.2, 0.25) is 0 Å². The van der Waals surface area contributed by atoms with Gasteiger partial charge >= 0.3 is 0 Å². The van der Waals surface area contributed by atoms with E-state index in [0.29, 0.717) is 5.92 Å². The Morgan fingerprint density at radius 3 is 2.61 bits per heavy atom. The summed E-state index contributed by atoms with van der Waals surface area (Å²) in [4.78, 5) is 0. The molecule has 0 N–H and O–H groups in total. The summed E-state index contributed by atoms with van der Waals surface area (Å²) >= 11 is 0. The van der Waals surface area contributed by atoms with Crippen LogP contribution in [-0.2, 0) is 4.74 Å². The van der Waals surface area contributed by atoms with Gasteiger partial charge in [0.1, 0.15) is 0 Å². The van der Waals surface area contributed by atoms with Gasteiger partial charge in [0, 0.05) is 5.92 Å². The van der Waals surface area contributed by atoms with Crippen molar-refractivity contribution in [2.45, 2.75) is 71.6 Å². The number of hydrogen-bond acceptors (Lipinski definition) is 1. The van der Waals surface area contributed by atoms with Crippen LogP contribution >= 0.6 is 0 Å². The molecule has 0 aromatic rings. The minimum Gasteiger partial charge on any atom is -0.498 e. The van der Waals surface area contributed by atoms with Gasteiger partial charge in [-0.1, -0.05) is 25.0 Å². The highest BCUT2D eigenvalue weighted by atomic mass is 16.5. The zero-order valence-electron chi connectivity index (χ0n) is 12.1. The molecule has 1 heteroatoms. The average molecular weight is 248 g/mol. The Hall–Kier alpha value is -0.720. The standard InChI is InChI=1S/C17H28O/c1-3-5-7-14-10-12-16(13-11-14)17(18-4-2)15-8-6-9-15/h10,16H,3-9,11-13H2,1-2H3. The van der Waals surface area contributed by atoms with E-state index >= 15 is 0 Å². The molecule has 0 spiro atoms. The lowest BCUT2D eigenvalue weighted by Gasteiger charge is -2.30. The summed E-state index contributed by atoms with van der Waals surface area (Å²) in [5.74, 6) is 2.06. The number of ether oxygens (including phenoxy) is 1. The maximum absolute atomic E-state index is 5.95. The third-order valence-corrected chi connectivity index (χ3v) is 4.33. The van der Waals surface area contributed by atoms with Gasteiger partial charge in [-0.15, -0.1) is 0 Å². The molecule has 102 valence electrons. The topological polar surface area (TPSA) is 9.23 Å². The average Bonchev–Trinajstić information content (AvgIpc) is 2.34. The van der Waals surface area contributed by atoms with Crippen LogP contribution in [0.4, 0.5) is 0 Å². The van der Waals surface area contributed by atoms with Crippen LogP contribution in [0.3, 0.4) is 0 Å². The predicted octanol–water partition coefficient (Wildman–Crippen LogP) is 5.38. The number of rotatable bonds is 6. The summed E-state index contributed by atoms with van der Waals surface area (Å²) in [7, 11) is 0. The van der Waals surface area contributed by atoms with Gasteiger partial charge in [-0.2, -0.15) is 0 Å². The van der Waals surface area contributed by atoms with Crippen LogP contribution in [0.5, 0.6) is 0 Å². The lowest BCUT2D eigenvalue weighted by molar-refractivity contribution is 0.175. The molecular weight excluding hydrogens is 220 g/mol. The van der Waals surface area contributed by atoms with E-state index in [9.17, 15) is 0 Å². The molecule has 2 aliphatic carbocycles. The zero-order valence-corrected chi connectivity index (χ0v) is 12.1. The van der Waals surface area contributed by atoms with Gasteiger partial charge in [0.05, 0.1) is 12.4 Å². The van der Waals surface area contributed by atoms with E-state index < -0.39 is 0 Å². The molecule has 0 saturated heterocycles. The molecule has 1 nitrogen and oxygen atoms in total. The van der Waals surface area contributed by atoms with E-state index in [0.717, 1.165) is 6.61 Å². The Kier molecular flexibility index (Phi) is 5.34. The number of allylic oxidation sites excluding steroid dienone is 4. The van der Waals surface area contributed by atoms with Crippen molar-refractivity contribution in [3.63, 3.8) is 0 Å². The second kappa shape index (κ2) is 7.01. The molecule has 0 bridgehead atoms. The van der Waals surface area contributed by atoms with Crippen molar-refractivity contribution < 1.29 is 4.74 Å². The lowest BCUT2D eigenvalue weighted by atomic mass is 9.81. The largest absolute Gasteiger partial charge is 0.498 e. The fourth-order valence-corrected chi connectivity index (χ4v) is 3.02. The van der Waals surface area contributed by atoms with Crippen molar-refractivity contribution in [3.05, 3.63) is 23.0 Å². The van der Waals surface area contributed by atoms with E-state index in [4.69, 9.17) is 4.74 Å². The molecule has 0 heterocycles. The number of unbranched alkanes of at least 4 members (excludes halogenated alkanes) is 1. The van der Waals surface area contributed by atoms with Gasteiger partial charge < -0.3 is 4.74 Å². The molecule has 1 unspecified atom stereocenters. The first-order valence-electron chi connectivity index (χ1n) is 7.87. The van der Waals surface area contributed by atoms with Crippen molar-refractivity contribution in [1.82, 2.24) is 0 Å². The summed E-state index contributed by atoms with van der Waals surface area (Å²) in [6, 6.07) is 0. The van der Waals surface area contributed by atoms with Crippen LogP contribution in [0.25, 0.3) is 0 Å². The number of hydrogen-bond donors (Lipinski definition) is 0. The highest BCUT2D eigenvalue weighted by molar-refractivity contribution is 5.20. The smallest absolute Gasteiger partial charge is 0.0985 e. The molecule has 1 atom stereocenters. The summed E-state index contributed by atoms with van der Waals surface area (Å²) < 4.78 is 5.95. The Morgan fingerprint density at radius 1 is 1.28 bits per heavy atom. The molecule has 1 fully saturated rings. The van der Waals surface area contributed by atoms with Crippen LogP contribution in [-0.4, -0.2) is 6.61 Å². The van der Waals surface area contributed by atoms with Crippen molar-refractivity contribution in [2.75, 3.05) is 6.61 Å². The summed E-state index contributed by atoms with van der Waals surface area (Å²) in [5.41, 5.74) is 3.31. The van der Waals surface area contributed by atoms with Gasteiger partial charge in [0.15, 0.2) is 0 Å². The van der Waals surface area contributed by atoms with Crippen molar-refractivity contribution in [2.24, 2.45) is 5.92 Å². The van der Waals surface area contributed by atoms with E-state index in [-0.39, 0.29) is 0 Å². The third-order valence-electron chi connectivity index (χ3n) is 4.33. The maximum Gasteiger partial charge on any atom is 0.0985 e. The van der Waals surface area contributed by atoms with E-state index in [1.807, 2.05) is 0 Å². The van der Waals surface area contributed by atoms with Crippen LogP contribution in [0.2, 0.25) is 0 Å². The second-order valence-corrected chi connectivity index (χ2v) is 5.69. The zero-order chi connectivity index (χ0) is 12.8. The molecule has 0 aromatic carbocycles. The Bertz CT molecular complexity index is 319. The van der Waals surface area contributed by atoms with Gasteiger partial charge in [-0.3, -0.25) is 0 Å². The molecule has 1 saturated carbocycles. The van der Waals surface area contributed by atoms with E-state index in [2.05, 4.69) is 19.9 Å². The highest BCUT2D eigenvalue weighted by Gasteiger charge is 2.25. The molecule has 0 aliphatic heterocycles. The van der Waals surface area contributed by atoms with Crippen LogP contribution in [0, 0.1) is 5.92 Å². The quantitative estimate of drug-likeness (QED) is 0.453. The normalized spacial score (nSPS) is 23.3. The van der Waals surface area contributed by atoms with Crippen LogP contribution < -0.4 is 0 Å². The minimum atomic E-state index is 0.686. The molecule has 18 heavy (non-hydrogen) atoms. The van der Waals surface area contributed by atoms with Gasteiger partial charge in [0.25, 0.3) is 0 Å².